The van der Waals surface area contributed by atoms with Gasteiger partial charge in [0, 0.05) is 13.2 Å². The van der Waals surface area contributed by atoms with Gasteiger partial charge in [-0.05, 0) is 24.5 Å². The number of H-pyrrole nitrogens is 1. The van der Waals surface area contributed by atoms with Gasteiger partial charge in [-0.1, -0.05) is 18.2 Å². The van der Waals surface area contributed by atoms with Crippen LogP contribution in [-0.2, 0) is 6.42 Å². The van der Waals surface area contributed by atoms with E-state index in [2.05, 4.69) is 27.9 Å². The van der Waals surface area contributed by atoms with E-state index in [1.807, 2.05) is 18.2 Å². The molecule has 5 heteroatoms. The van der Waals surface area contributed by atoms with Gasteiger partial charge in [0.25, 0.3) is 0 Å². The van der Waals surface area contributed by atoms with Crippen LogP contribution in [0.15, 0.2) is 30.9 Å². The lowest BCUT2D eigenvalue weighted by atomic mass is 10.1. The molecule has 18 heavy (non-hydrogen) atoms. The minimum absolute atomic E-state index is 0. The van der Waals surface area contributed by atoms with Gasteiger partial charge < -0.3 is 15.4 Å². The Morgan fingerprint density at radius 1 is 1.44 bits per heavy atom. The molecule has 0 bridgehead atoms. The van der Waals surface area contributed by atoms with Crippen LogP contribution < -0.4 is 5.32 Å². The monoisotopic (exact) mass is 311 g/mol. The van der Waals surface area contributed by atoms with Crippen LogP contribution in [0, 0.1) is 0 Å². The number of anilines is 1. The second-order valence-electron chi connectivity index (χ2n) is 3.90. The molecular formula is C13H18BrN3O. The number of nitrogens with one attached hydrogen (secondary N) is 2. The molecule has 0 radical (unpaired) electrons. The van der Waals surface area contributed by atoms with Gasteiger partial charge in [0.05, 0.1) is 11.0 Å². The van der Waals surface area contributed by atoms with Crippen LogP contribution in [0.25, 0.3) is 11.0 Å². The van der Waals surface area contributed by atoms with Crippen molar-refractivity contribution in [3.63, 3.8) is 0 Å². The average molecular weight is 312 g/mol. The van der Waals surface area contributed by atoms with Gasteiger partial charge in [0.1, 0.15) is 0 Å². The molecule has 4 nitrogen and oxygen atoms in total. The van der Waals surface area contributed by atoms with E-state index in [9.17, 15) is 0 Å². The number of aromatic nitrogens is 2. The third kappa shape index (κ3) is 3.34. The highest BCUT2D eigenvalue weighted by molar-refractivity contribution is 8.93. The fourth-order valence-electron chi connectivity index (χ4n) is 1.78. The standard InChI is InChI=1S/C13H17N3O.BrH/c1-2-5-10-6-3-7-11-12(10)16-13(15-11)14-8-4-9-17;/h2-3,6-7,17H,1,4-5,8-9H2,(H2,14,15,16);1H. The number of para-hydroxylation sites is 1. The third-order valence-electron chi connectivity index (χ3n) is 2.59. The Labute approximate surface area is 117 Å². The average Bonchev–Trinajstić information content (AvgIpc) is 2.74. The zero-order chi connectivity index (χ0) is 12.1. The topological polar surface area (TPSA) is 60.9 Å². The smallest absolute Gasteiger partial charge is 0.201 e. The van der Waals surface area contributed by atoms with Crippen LogP contribution in [0.2, 0.25) is 0 Å². The Bertz CT molecular complexity index is 510. The highest BCUT2D eigenvalue weighted by Gasteiger charge is 2.05. The minimum atomic E-state index is 0. The Morgan fingerprint density at radius 3 is 3.00 bits per heavy atom. The predicted octanol–water partition coefficient (Wildman–Crippen LogP) is 2.66. The van der Waals surface area contributed by atoms with Crippen molar-refractivity contribution in [2.45, 2.75) is 12.8 Å². The van der Waals surface area contributed by atoms with Crippen LogP contribution in [0.5, 0.6) is 0 Å². The molecule has 0 saturated carbocycles. The maximum atomic E-state index is 8.72. The number of fused-ring (bicyclic) bond motifs is 1. The highest BCUT2D eigenvalue weighted by Crippen LogP contribution is 2.19. The molecule has 0 aliphatic rings. The number of hydrogen-bond acceptors (Lipinski definition) is 3. The summed E-state index contributed by atoms with van der Waals surface area (Å²) in [5, 5.41) is 11.9. The number of benzene rings is 1. The van der Waals surface area contributed by atoms with E-state index >= 15 is 0 Å². The number of aliphatic hydroxyl groups is 1. The summed E-state index contributed by atoms with van der Waals surface area (Å²) >= 11 is 0. The molecule has 0 aliphatic carbocycles. The molecule has 0 amide bonds. The first-order valence-corrected chi connectivity index (χ1v) is 5.78. The number of rotatable bonds is 6. The van der Waals surface area contributed by atoms with Crippen molar-refractivity contribution in [3.05, 3.63) is 36.4 Å². The molecule has 0 fully saturated rings. The van der Waals surface area contributed by atoms with Crippen molar-refractivity contribution in [2.75, 3.05) is 18.5 Å². The lowest BCUT2D eigenvalue weighted by Crippen LogP contribution is -2.04. The molecule has 0 atom stereocenters. The predicted molar refractivity (Wildman–Crippen MR) is 80.5 cm³/mol. The van der Waals surface area contributed by atoms with Gasteiger partial charge in [-0.25, -0.2) is 4.98 Å². The molecule has 2 aromatic rings. The van der Waals surface area contributed by atoms with Crippen LogP contribution >= 0.6 is 17.0 Å². The fourth-order valence-corrected chi connectivity index (χ4v) is 1.78. The van der Waals surface area contributed by atoms with Gasteiger partial charge in [0.15, 0.2) is 0 Å². The first-order valence-electron chi connectivity index (χ1n) is 5.78. The molecule has 3 N–H and O–H groups in total. The Kier molecular flexibility index (Phi) is 5.88. The summed E-state index contributed by atoms with van der Waals surface area (Å²) in [4.78, 5) is 7.72. The summed E-state index contributed by atoms with van der Waals surface area (Å²) in [6.07, 6.45) is 3.41. The lowest BCUT2D eigenvalue weighted by Gasteiger charge is -1.98. The molecule has 2 rings (SSSR count). The maximum Gasteiger partial charge on any atom is 0.201 e. The van der Waals surface area contributed by atoms with Crippen LogP contribution in [0.3, 0.4) is 0 Å². The molecule has 0 aliphatic heterocycles. The number of aliphatic hydroxyl groups excluding tert-OH is 1. The molecule has 0 unspecified atom stereocenters. The summed E-state index contributed by atoms with van der Waals surface area (Å²) in [5.41, 5.74) is 3.18. The number of hydrogen-bond donors (Lipinski definition) is 3. The fraction of sp³-hybridized carbons (Fsp3) is 0.308. The zero-order valence-corrected chi connectivity index (χ0v) is 11.9. The van der Waals surface area contributed by atoms with Crippen LogP contribution in [0.4, 0.5) is 5.95 Å². The van der Waals surface area contributed by atoms with E-state index in [4.69, 9.17) is 5.11 Å². The molecule has 98 valence electrons. The second kappa shape index (κ2) is 7.18. The summed E-state index contributed by atoms with van der Waals surface area (Å²) in [5.74, 6) is 0.755. The summed E-state index contributed by atoms with van der Waals surface area (Å²) in [6.45, 7) is 4.65. The normalized spacial score (nSPS) is 10.1. The van der Waals surface area contributed by atoms with Crippen LogP contribution in [-0.4, -0.2) is 28.2 Å². The van der Waals surface area contributed by atoms with E-state index in [-0.39, 0.29) is 23.6 Å². The lowest BCUT2D eigenvalue weighted by molar-refractivity contribution is 0.292. The number of nitrogens with zero attached hydrogens (tertiary/aromatic N) is 1. The van der Waals surface area contributed by atoms with E-state index in [0.717, 1.165) is 29.8 Å². The number of halogens is 1. The number of allylic oxidation sites excluding steroid dienone is 1. The molecule has 0 spiro atoms. The number of imidazole rings is 1. The first kappa shape index (κ1) is 14.7. The van der Waals surface area contributed by atoms with E-state index < -0.39 is 0 Å². The van der Waals surface area contributed by atoms with E-state index in [1.165, 1.54) is 5.56 Å². The van der Waals surface area contributed by atoms with Crippen molar-refractivity contribution >= 4 is 34.0 Å². The number of aromatic amines is 1. The van der Waals surface area contributed by atoms with Gasteiger partial charge in [0.2, 0.25) is 5.95 Å². The minimum Gasteiger partial charge on any atom is -0.396 e. The molecule has 1 aromatic heterocycles. The largest absolute Gasteiger partial charge is 0.396 e. The van der Waals surface area contributed by atoms with Gasteiger partial charge in [-0.2, -0.15) is 0 Å². The van der Waals surface area contributed by atoms with Gasteiger partial charge in [-0.15, -0.1) is 23.6 Å². The van der Waals surface area contributed by atoms with Crippen LogP contribution in [0.1, 0.15) is 12.0 Å². The quantitative estimate of drug-likeness (QED) is 0.568. The van der Waals surface area contributed by atoms with Crippen molar-refractivity contribution in [2.24, 2.45) is 0 Å². The van der Waals surface area contributed by atoms with Crippen molar-refractivity contribution in [1.82, 2.24) is 9.97 Å². The molecule has 0 saturated heterocycles. The van der Waals surface area contributed by atoms with E-state index in [0.29, 0.717) is 6.54 Å². The highest BCUT2D eigenvalue weighted by atomic mass is 79.9. The third-order valence-corrected chi connectivity index (χ3v) is 2.59. The zero-order valence-electron chi connectivity index (χ0n) is 10.1. The van der Waals surface area contributed by atoms with Gasteiger partial charge in [-0.3, -0.25) is 0 Å². The van der Waals surface area contributed by atoms with Crippen molar-refractivity contribution in [3.8, 4) is 0 Å². The SMILES string of the molecule is Br.C=CCc1cccc2[nH]c(NCCCO)nc12. The summed E-state index contributed by atoms with van der Waals surface area (Å²) < 4.78 is 0. The Hall–Kier alpha value is -1.33. The maximum absolute atomic E-state index is 8.72. The molecule has 1 aromatic carbocycles. The second-order valence-corrected chi connectivity index (χ2v) is 3.90. The van der Waals surface area contributed by atoms with E-state index in [1.54, 1.807) is 0 Å². The molecule has 1 heterocycles. The first-order chi connectivity index (χ1) is 8.35. The summed E-state index contributed by atoms with van der Waals surface area (Å²) in [7, 11) is 0. The molecular weight excluding hydrogens is 294 g/mol. The summed E-state index contributed by atoms with van der Waals surface area (Å²) in [6, 6.07) is 6.07. The Balaban J connectivity index is 0.00000162. The van der Waals surface area contributed by atoms with Crippen molar-refractivity contribution < 1.29 is 5.11 Å². The van der Waals surface area contributed by atoms with Gasteiger partial charge >= 0.3 is 0 Å². The Morgan fingerprint density at radius 2 is 2.28 bits per heavy atom. The van der Waals surface area contributed by atoms with Crippen molar-refractivity contribution in [1.29, 1.82) is 0 Å².